The van der Waals surface area contributed by atoms with Gasteiger partial charge in [0.25, 0.3) is 0 Å². The number of alkyl carbamates (subject to hydrolysis) is 1. The average molecular weight is 465 g/mol. The molecular weight excluding hydrogens is 432 g/mol. The molecule has 2 aromatic rings. The summed E-state index contributed by atoms with van der Waals surface area (Å²) in [6.45, 7) is 3.42. The van der Waals surface area contributed by atoms with Crippen molar-refractivity contribution in [3.8, 4) is 11.1 Å². The Kier molecular flexibility index (Phi) is 7.50. The number of nitrogens with one attached hydrogen (secondary N) is 1. The first-order valence-corrected chi connectivity index (χ1v) is 12.1. The van der Waals surface area contributed by atoms with Gasteiger partial charge in [0.2, 0.25) is 5.91 Å². The third-order valence-corrected chi connectivity index (χ3v) is 6.78. The zero-order valence-electron chi connectivity index (χ0n) is 19.5. The number of nitrogens with zero attached hydrogens (tertiary/aromatic N) is 1. The van der Waals surface area contributed by atoms with Crippen LogP contribution in [0, 0.1) is 5.92 Å². The fraction of sp³-hybridized carbons (Fsp3) is 0.444. The predicted molar refractivity (Wildman–Crippen MR) is 128 cm³/mol. The topological polar surface area (TPSA) is 95.9 Å². The maximum absolute atomic E-state index is 12.9. The van der Waals surface area contributed by atoms with Crippen LogP contribution in [0.2, 0.25) is 0 Å². The molecule has 0 radical (unpaired) electrons. The van der Waals surface area contributed by atoms with E-state index in [2.05, 4.69) is 29.6 Å². The molecule has 0 unspecified atom stereocenters. The molecule has 7 heteroatoms. The molecule has 1 aliphatic heterocycles. The number of hydrogen-bond donors (Lipinski definition) is 2. The molecule has 1 fully saturated rings. The maximum Gasteiger partial charge on any atom is 0.407 e. The van der Waals surface area contributed by atoms with E-state index in [4.69, 9.17) is 9.84 Å². The Labute approximate surface area is 200 Å². The number of ether oxygens (including phenoxy) is 1. The van der Waals surface area contributed by atoms with Crippen molar-refractivity contribution in [1.82, 2.24) is 10.2 Å². The van der Waals surface area contributed by atoms with Crippen molar-refractivity contribution in [2.45, 2.75) is 51.0 Å². The van der Waals surface area contributed by atoms with Crippen LogP contribution in [0.5, 0.6) is 0 Å². The third kappa shape index (κ3) is 5.24. The Morgan fingerprint density at radius 3 is 2.26 bits per heavy atom. The van der Waals surface area contributed by atoms with Gasteiger partial charge in [-0.2, -0.15) is 0 Å². The number of carbonyl (C=O) groups is 3. The number of amides is 2. The molecule has 2 aliphatic rings. The van der Waals surface area contributed by atoms with Crippen LogP contribution in [-0.4, -0.2) is 53.7 Å². The highest BCUT2D eigenvalue weighted by Crippen LogP contribution is 2.44. The minimum atomic E-state index is -0.789. The van der Waals surface area contributed by atoms with Crippen LogP contribution < -0.4 is 5.32 Å². The molecule has 0 bridgehead atoms. The first kappa shape index (κ1) is 23.8. The van der Waals surface area contributed by atoms with Crippen molar-refractivity contribution < 1.29 is 24.2 Å². The lowest BCUT2D eigenvalue weighted by Gasteiger charge is -2.41. The van der Waals surface area contributed by atoms with Gasteiger partial charge in [-0.05, 0) is 47.4 Å². The van der Waals surface area contributed by atoms with Crippen LogP contribution in [0.3, 0.4) is 0 Å². The van der Waals surface area contributed by atoms with Crippen LogP contribution in [-0.2, 0) is 14.3 Å². The zero-order chi connectivity index (χ0) is 24.1. The van der Waals surface area contributed by atoms with Gasteiger partial charge >= 0.3 is 12.1 Å². The molecule has 1 heterocycles. The van der Waals surface area contributed by atoms with E-state index in [0.29, 0.717) is 31.8 Å². The lowest BCUT2D eigenvalue weighted by molar-refractivity contribution is -0.141. The number of fused-ring (bicyclic) bond motifs is 3. The Morgan fingerprint density at radius 2 is 1.68 bits per heavy atom. The van der Waals surface area contributed by atoms with Crippen molar-refractivity contribution >= 4 is 18.0 Å². The molecule has 0 spiro atoms. The summed E-state index contributed by atoms with van der Waals surface area (Å²) in [5.74, 6) is -0.576. The summed E-state index contributed by atoms with van der Waals surface area (Å²) in [6, 6.07) is 15.7. The minimum absolute atomic E-state index is 0.0274. The monoisotopic (exact) mass is 464 g/mol. The number of aliphatic carboxylic acids is 1. The lowest BCUT2D eigenvalue weighted by atomic mass is 9.92. The first-order valence-electron chi connectivity index (χ1n) is 12.1. The molecule has 1 aliphatic carbocycles. The van der Waals surface area contributed by atoms with Crippen molar-refractivity contribution in [2.75, 3.05) is 19.7 Å². The van der Waals surface area contributed by atoms with Gasteiger partial charge < -0.3 is 20.1 Å². The van der Waals surface area contributed by atoms with E-state index >= 15 is 0 Å². The quantitative estimate of drug-likeness (QED) is 0.543. The van der Waals surface area contributed by atoms with Gasteiger partial charge in [-0.3, -0.25) is 9.59 Å². The Hall–Kier alpha value is -3.35. The fourth-order valence-electron chi connectivity index (χ4n) is 5.02. The highest BCUT2D eigenvalue weighted by atomic mass is 16.5. The van der Waals surface area contributed by atoms with E-state index in [9.17, 15) is 14.4 Å². The van der Waals surface area contributed by atoms with E-state index in [0.717, 1.165) is 24.0 Å². The molecule has 0 saturated carbocycles. The summed E-state index contributed by atoms with van der Waals surface area (Å²) >= 11 is 0. The second kappa shape index (κ2) is 10.7. The molecule has 2 aromatic carbocycles. The van der Waals surface area contributed by atoms with E-state index in [1.54, 1.807) is 4.90 Å². The molecule has 180 valence electrons. The summed E-state index contributed by atoms with van der Waals surface area (Å²) in [7, 11) is 0. The summed E-state index contributed by atoms with van der Waals surface area (Å²) in [4.78, 5) is 38.0. The normalized spacial score (nSPS) is 15.7. The van der Waals surface area contributed by atoms with Crippen LogP contribution in [0.25, 0.3) is 11.1 Å². The molecule has 2 N–H and O–H groups in total. The van der Waals surface area contributed by atoms with Crippen molar-refractivity contribution in [2.24, 2.45) is 5.92 Å². The molecule has 34 heavy (non-hydrogen) atoms. The predicted octanol–water partition coefficient (Wildman–Crippen LogP) is 4.41. The maximum atomic E-state index is 12.9. The van der Waals surface area contributed by atoms with Gasteiger partial charge in [0, 0.05) is 25.4 Å². The minimum Gasteiger partial charge on any atom is -0.481 e. The highest BCUT2D eigenvalue weighted by molar-refractivity contribution is 5.86. The molecule has 4 rings (SSSR count). The van der Waals surface area contributed by atoms with Gasteiger partial charge in [0.05, 0.1) is 0 Å². The van der Waals surface area contributed by atoms with Gasteiger partial charge in [-0.15, -0.1) is 0 Å². The summed E-state index contributed by atoms with van der Waals surface area (Å²) in [5, 5.41) is 11.5. The molecule has 2 amide bonds. The van der Waals surface area contributed by atoms with E-state index in [-0.39, 0.29) is 24.9 Å². The van der Waals surface area contributed by atoms with Gasteiger partial charge in [0.1, 0.15) is 12.6 Å². The number of rotatable bonds is 10. The standard InChI is InChI=1S/C27H32N2O5/c1-2-8-24(26(32)29-15-18(16-29)9-7-14-25(30)31)28-27(33)34-17-23-21-12-5-3-10-19(21)20-11-4-6-13-22(20)23/h3-6,10-13,18,23-24H,2,7-9,14-17H2,1H3,(H,28,33)(H,30,31)/t24-/m0/s1. The number of likely N-dealkylation sites (tertiary alicyclic amines) is 1. The molecule has 1 atom stereocenters. The van der Waals surface area contributed by atoms with E-state index < -0.39 is 18.1 Å². The van der Waals surface area contributed by atoms with E-state index in [1.165, 1.54) is 11.1 Å². The number of hydrogen-bond acceptors (Lipinski definition) is 4. The fourth-order valence-corrected chi connectivity index (χ4v) is 5.02. The Bertz CT molecular complexity index is 1000. The summed E-state index contributed by atoms with van der Waals surface area (Å²) < 4.78 is 5.62. The number of carbonyl (C=O) groups excluding carboxylic acids is 2. The lowest BCUT2D eigenvalue weighted by Crippen LogP contribution is -2.57. The summed E-state index contributed by atoms with van der Waals surface area (Å²) in [5.41, 5.74) is 4.63. The first-order chi connectivity index (χ1) is 16.5. The highest BCUT2D eigenvalue weighted by Gasteiger charge is 2.35. The summed E-state index contributed by atoms with van der Waals surface area (Å²) in [6.07, 6.45) is 2.31. The largest absolute Gasteiger partial charge is 0.481 e. The Balaban J connectivity index is 1.30. The smallest absolute Gasteiger partial charge is 0.407 e. The Morgan fingerprint density at radius 1 is 1.06 bits per heavy atom. The van der Waals surface area contributed by atoms with Gasteiger partial charge in [-0.1, -0.05) is 61.9 Å². The van der Waals surface area contributed by atoms with Crippen LogP contribution in [0.4, 0.5) is 4.79 Å². The van der Waals surface area contributed by atoms with Crippen LogP contribution in [0.1, 0.15) is 56.1 Å². The number of carboxylic acid groups (broad SMARTS) is 1. The average Bonchev–Trinajstić information content (AvgIpc) is 3.12. The number of benzene rings is 2. The molecule has 1 saturated heterocycles. The van der Waals surface area contributed by atoms with Crippen LogP contribution >= 0.6 is 0 Å². The molecular formula is C27H32N2O5. The SMILES string of the molecule is CCC[C@H](NC(=O)OCC1c2ccccc2-c2ccccc21)C(=O)N1CC(CCCC(=O)O)C1. The van der Waals surface area contributed by atoms with Crippen molar-refractivity contribution in [1.29, 1.82) is 0 Å². The second-order valence-electron chi connectivity index (χ2n) is 9.21. The van der Waals surface area contributed by atoms with E-state index in [1.807, 2.05) is 31.2 Å². The second-order valence-corrected chi connectivity index (χ2v) is 9.21. The molecule has 0 aromatic heterocycles. The molecule has 7 nitrogen and oxygen atoms in total. The van der Waals surface area contributed by atoms with Gasteiger partial charge in [-0.25, -0.2) is 4.79 Å². The van der Waals surface area contributed by atoms with Crippen LogP contribution in [0.15, 0.2) is 48.5 Å². The zero-order valence-corrected chi connectivity index (χ0v) is 19.5. The number of carboxylic acids is 1. The van der Waals surface area contributed by atoms with Crippen molar-refractivity contribution in [3.05, 3.63) is 59.7 Å². The van der Waals surface area contributed by atoms with Crippen molar-refractivity contribution in [3.63, 3.8) is 0 Å². The van der Waals surface area contributed by atoms with Gasteiger partial charge in [0.15, 0.2) is 0 Å². The third-order valence-electron chi connectivity index (χ3n) is 6.78.